The minimum atomic E-state index is -2.80. The first-order valence-electron chi connectivity index (χ1n) is 2.96. The number of rotatable bonds is 3. The second-order valence-electron chi connectivity index (χ2n) is 2.54. The molecule has 0 spiro atoms. The highest BCUT2D eigenvalue weighted by molar-refractivity contribution is 7.57. The third-order valence-electron chi connectivity index (χ3n) is 0.999. The van der Waals surface area contributed by atoms with E-state index in [0.29, 0.717) is 12.6 Å². The molecular formula is C5H17N2O2P. The van der Waals surface area contributed by atoms with Gasteiger partial charge < -0.3 is 16.8 Å². The van der Waals surface area contributed by atoms with E-state index in [-0.39, 0.29) is 12.2 Å². The normalized spacial score (nSPS) is 18.8. The van der Waals surface area contributed by atoms with Gasteiger partial charge >= 0.3 is 0 Å². The summed E-state index contributed by atoms with van der Waals surface area (Å²) in [5.41, 5.74) is 5.37. The van der Waals surface area contributed by atoms with Gasteiger partial charge in [-0.3, -0.25) is 4.57 Å². The van der Waals surface area contributed by atoms with Crippen molar-refractivity contribution in [1.82, 2.24) is 6.15 Å². The average Bonchev–Trinajstić information content (AvgIpc) is 1.59. The summed E-state index contributed by atoms with van der Waals surface area (Å²) in [4.78, 5) is 8.77. The molecule has 0 heterocycles. The smallest absolute Gasteiger partial charge is 0.197 e. The van der Waals surface area contributed by atoms with E-state index in [1.54, 1.807) is 0 Å². The molecule has 64 valence electrons. The first-order chi connectivity index (χ1) is 3.92. The molecule has 0 bridgehead atoms. The van der Waals surface area contributed by atoms with E-state index in [4.69, 9.17) is 10.6 Å². The topological polar surface area (TPSA) is 98.3 Å². The monoisotopic (exact) mass is 168 g/mol. The van der Waals surface area contributed by atoms with Crippen LogP contribution in [-0.2, 0) is 4.57 Å². The fourth-order valence-corrected chi connectivity index (χ4v) is 1.33. The predicted octanol–water partition coefficient (Wildman–Crippen LogP) is 0.786. The predicted molar refractivity (Wildman–Crippen MR) is 43.9 cm³/mol. The third-order valence-corrected chi connectivity index (χ3v) is 2.09. The lowest BCUT2D eigenvalue weighted by Gasteiger charge is -2.06. The van der Waals surface area contributed by atoms with Gasteiger partial charge in [0.15, 0.2) is 7.37 Å². The van der Waals surface area contributed by atoms with Crippen LogP contribution in [0.5, 0.6) is 0 Å². The minimum absolute atomic E-state index is 0. The quantitative estimate of drug-likeness (QED) is 0.542. The Morgan fingerprint density at radius 1 is 1.70 bits per heavy atom. The average molecular weight is 168 g/mol. The summed E-state index contributed by atoms with van der Waals surface area (Å²) >= 11 is 0. The molecule has 2 atom stereocenters. The molecule has 5 heteroatoms. The molecule has 2 unspecified atom stereocenters. The van der Waals surface area contributed by atoms with Crippen molar-refractivity contribution in [3.63, 3.8) is 0 Å². The maximum Gasteiger partial charge on any atom is 0.197 e. The summed E-state index contributed by atoms with van der Waals surface area (Å²) in [6.07, 6.45) is 0.967. The summed E-state index contributed by atoms with van der Waals surface area (Å²) in [5, 5.41) is 0. The van der Waals surface area contributed by atoms with Crippen LogP contribution >= 0.6 is 7.37 Å². The molecule has 0 aromatic heterocycles. The van der Waals surface area contributed by atoms with Crippen molar-refractivity contribution in [3.05, 3.63) is 0 Å². The Morgan fingerprint density at radius 3 is 2.20 bits per heavy atom. The van der Waals surface area contributed by atoms with Crippen molar-refractivity contribution in [2.24, 2.45) is 5.73 Å². The van der Waals surface area contributed by atoms with E-state index in [9.17, 15) is 4.57 Å². The van der Waals surface area contributed by atoms with Gasteiger partial charge in [-0.05, 0) is 13.3 Å². The summed E-state index contributed by atoms with van der Waals surface area (Å²) in [5.74, 6) is 0. The Bertz CT molecular complexity index is 121. The Kier molecular flexibility index (Phi) is 6.19. The Balaban J connectivity index is 0. The van der Waals surface area contributed by atoms with E-state index >= 15 is 0 Å². The molecule has 0 aromatic carbocycles. The van der Waals surface area contributed by atoms with Crippen LogP contribution < -0.4 is 11.9 Å². The van der Waals surface area contributed by atoms with Gasteiger partial charge in [0.1, 0.15) is 0 Å². The molecule has 0 saturated heterocycles. The first kappa shape index (κ1) is 12.8. The third kappa shape index (κ3) is 11.0. The molecule has 0 aromatic rings. The summed E-state index contributed by atoms with van der Waals surface area (Å²) in [7, 11) is -2.80. The molecule has 0 aliphatic rings. The molecule has 0 rings (SSSR count). The van der Waals surface area contributed by atoms with E-state index in [2.05, 4.69) is 0 Å². The van der Waals surface area contributed by atoms with Crippen LogP contribution in [0.3, 0.4) is 0 Å². The lowest BCUT2D eigenvalue weighted by Crippen LogP contribution is -2.16. The van der Waals surface area contributed by atoms with E-state index in [0.717, 1.165) is 0 Å². The van der Waals surface area contributed by atoms with E-state index in [1.807, 2.05) is 6.92 Å². The summed E-state index contributed by atoms with van der Waals surface area (Å²) in [6, 6.07) is 0.0328. The molecule has 0 amide bonds. The van der Waals surface area contributed by atoms with Gasteiger partial charge in [-0.1, -0.05) is 0 Å². The highest BCUT2D eigenvalue weighted by atomic mass is 31.2. The number of nitrogens with two attached hydrogens (primary N) is 1. The maximum absolute atomic E-state index is 10.6. The molecule has 0 aliphatic carbocycles. The van der Waals surface area contributed by atoms with Gasteiger partial charge in [-0.25, -0.2) is 0 Å². The van der Waals surface area contributed by atoms with Crippen molar-refractivity contribution < 1.29 is 9.46 Å². The van der Waals surface area contributed by atoms with Crippen molar-refractivity contribution >= 4 is 7.37 Å². The van der Waals surface area contributed by atoms with Crippen molar-refractivity contribution in [3.8, 4) is 0 Å². The van der Waals surface area contributed by atoms with Crippen LogP contribution in [0.25, 0.3) is 0 Å². The number of hydrogen-bond donors (Lipinski definition) is 3. The second-order valence-corrected chi connectivity index (χ2v) is 5.09. The van der Waals surface area contributed by atoms with E-state index < -0.39 is 7.37 Å². The van der Waals surface area contributed by atoms with Gasteiger partial charge in [-0.2, -0.15) is 0 Å². The van der Waals surface area contributed by atoms with Crippen LogP contribution in [0.2, 0.25) is 0 Å². The van der Waals surface area contributed by atoms with Gasteiger partial charge in [0, 0.05) is 18.9 Å². The highest BCUT2D eigenvalue weighted by Crippen LogP contribution is 2.35. The first-order valence-corrected chi connectivity index (χ1v) is 5.26. The zero-order chi connectivity index (χ0) is 7.49. The van der Waals surface area contributed by atoms with Gasteiger partial charge in [0.2, 0.25) is 0 Å². The van der Waals surface area contributed by atoms with Gasteiger partial charge in [0.05, 0.1) is 0 Å². The van der Waals surface area contributed by atoms with Crippen molar-refractivity contribution in [2.45, 2.75) is 19.4 Å². The standard InChI is InChI=1S/C5H14NO2P.H3N/c1-5(6)3-4-9(2,7)8;/h5H,3-4,6H2,1-2H3,(H,7,8);1H3. The Morgan fingerprint density at radius 2 is 2.10 bits per heavy atom. The van der Waals surface area contributed by atoms with Crippen molar-refractivity contribution in [2.75, 3.05) is 12.8 Å². The molecular weight excluding hydrogens is 151 g/mol. The zero-order valence-electron chi connectivity index (χ0n) is 6.58. The van der Waals surface area contributed by atoms with Crippen LogP contribution in [-0.4, -0.2) is 23.8 Å². The van der Waals surface area contributed by atoms with E-state index in [1.165, 1.54) is 6.66 Å². The Labute approximate surface area is 61.8 Å². The molecule has 10 heavy (non-hydrogen) atoms. The van der Waals surface area contributed by atoms with Crippen LogP contribution in [0.4, 0.5) is 0 Å². The Hall–Kier alpha value is 0.110. The molecule has 0 aliphatic heterocycles. The molecule has 6 N–H and O–H groups in total. The lowest BCUT2D eigenvalue weighted by molar-refractivity contribution is 0.480. The molecule has 0 saturated carbocycles. The van der Waals surface area contributed by atoms with Gasteiger partial charge in [0.25, 0.3) is 0 Å². The second kappa shape index (κ2) is 4.85. The lowest BCUT2D eigenvalue weighted by atomic mass is 10.3. The largest absolute Gasteiger partial charge is 0.344 e. The molecule has 0 radical (unpaired) electrons. The fourth-order valence-electron chi connectivity index (χ4n) is 0.443. The summed E-state index contributed by atoms with van der Waals surface area (Å²) in [6.45, 7) is 3.19. The minimum Gasteiger partial charge on any atom is -0.344 e. The molecule has 4 nitrogen and oxygen atoms in total. The molecule has 0 fully saturated rings. The number of hydrogen-bond acceptors (Lipinski definition) is 3. The van der Waals surface area contributed by atoms with Crippen LogP contribution in [0.1, 0.15) is 13.3 Å². The van der Waals surface area contributed by atoms with Crippen LogP contribution in [0.15, 0.2) is 0 Å². The van der Waals surface area contributed by atoms with Gasteiger partial charge in [-0.15, -0.1) is 0 Å². The fraction of sp³-hybridized carbons (Fsp3) is 1.00. The summed E-state index contributed by atoms with van der Waals surface area (Å²) < 4.78 is 10.6. The maximum atomic E-state index is 10.6. The highest BCUT2D eigenvalue weighted by Gasteiger charge is 2.09. The zero-order valence-corrected chi connectivity index (χ0v) is 7.47. The SMILES string of the molecule is CC(N)CCP(C)(=O)O.N. The van der Waals surface area contributed by atoms with Crippen molar-refractivity contribution in [1.29, 1.82) is 0 Å². The van der Waals surface area contributed by atoms with Crippen LogP contribution in [0, 0.1) is 0 Å².